The summed E-state index contributed by atoms with van der Waals surface area (Å²) in [4.78, 5) is 0. The van der Waals surface area contributed by atoms with Crippen molar-refractivity contribution in [3.05, 3.63) is 125 Å². The van der Waals surface area contributed by atoms with Crippen LogP contribution in [-0.2, 0) is 21.7 Å². The van der Waals surface area contributed by atoms with Gasteiger partial charge >= 0.3 is 21.7 Å². The molecule has 1 aliphatic rings. The van der Waals surface area contributed by atoms with Crippen LogP contribution < -0.4 is 0 Å². The summed E-state index contributed by atoms with van der Waals surface area (Å²) >= 11 is 0. The third-order valence-corrected chi connectivity index (χ3v) is 7.38. The Balaban J connectivity index is 0.000000211. The van der Waals surface area contributed by atoms with Crippen molar-refractivity contribution in [2.45, 2.75) is 25.6 Å². The van der Waals surface area contributed by atoms with Crippen molar-refractivity contribution in [1.82, 2.24) is 0 Å². The number of allylic oxidation sites excluding steroid dienone is 3. The van der Waals surface area contributed by atoms with Crippen molar-refractivity contribution in [3.63, 3.8) is 0 Å². The molecule has 4 rings (SSSR count). The molecule has 1 unspecified atom stereocenters. The topological polar surface area (TPSA) is 0 Å². The normalized spacial score (nSPS) is 14.8. The molecule has 148 valence electrons. The second-order valence-electron chi connectivity index (χ2n) is 7.78. The van der Waals surface area contributed by atoms with Crippen LogP contribution in [-0.4, -0.2) is 8.80 Å². The zero-order valence-corrected chi connectivity index (χ0v) is 20.8. The molecule has 0 saturated heterocycles. The second-order valence-corrected chi connectivity index (χ2v) is 10.9. The maximum atomic E-state index is 2.43. The van der Waals surface area contributed by atoms with E-state index in [4.69, 9.17) is 0 Å². The number of benzene rings is 3. The Kier molecular flexibility index (Phi) is 10.0. The summed E-state index contributed by atoms with van der Waals surface area (Å²) in [6.45, 7) is 7.14. The molecule has 1 aliphatic carbocycles. The van der Waals surface area contributed by atoms with Crippen molar-refractivity contribution >= 4 is 27.0 Å². The van der Waals surface area contributed by atoms with E-state index in [-0.39, 0.29) is 21.7 Å². The van der Waals surface area contributed by atoms with Gasteiger partial charge in [0, 0.05) is 8.80 Å². The zero-order chi connectivity index (χ0) is 20.5. The molecule has 0 fully saturated rings. The minimum Gasteiger partial charge on any atom is -0.0714 e. The smallest absolute Gasteiger partial charge is 0.0714 e. The van der Waals surface area contributed by atoms with Gasteiger partial charge in [0.2, 0.25) is 0 Å². The van der Waals surface area contributed by atoms with Crippen LogP contribution in [0.1, 0.15) is 34.7 Å². The molecule has 1 atom stereocenters. The van der Waals surface area contributed by atoms with Crippen molar-refractivity contribution in [2.24, 2.45) is 0 Å². The molecule has 3 aromatic carbocycles. The van der Waals surface area contributed by atoms with Crippen LogP contribution in [0.3, 0.4) is 0 Å². The fraction of sp³-hybridized carbons (Fsp3) is 0.143. The predicted octanol–water partition coefficient (Wildman–Crippen LogP) is 7.62. The van der Waals surface area contributed by atoms with E-state index in [1.165, 1.54) is 16.7 Å². The van der Waals surface area contributed by atoms with Gasteiger partial charge in [-0.3, -0.25) is 0 Å². The fourth-order valence-electron chi connectivity index (χ4n) is 3.85. The minimum absolute atomic E-state index is 0. The largest absolute Gasteiger partial charge is 2.00 e. The van der Waals surface area contributed by atoms with Gasteiger partial charge in [0.15, 0.2) is 0 Å². The Morgan fingerprint density at radius 1 is 0.667 bits per heavy atom. The van der Waals surface area contributed by atoms with E-state index in [0.29, 0.717) is 0 Å². The predicted molar refractivity (Wildman–Crippen MR) is 133 cm³/mol. The molecule has 0 aliphatic heterocycles. The van der Waals surface area contributed by atoms with Crippen LogP contribution in [0.4, 0.5) is 0 Å². The SMILES string of the molecule is C(C=Cc1ccccc1)=Cc1ccccc1.CC1=Cc2ccccc2C1[SiH](C)C.[Ti+2]. The van der Waals surface area contributed by atoms with Gasteiger partial charge < -0.3 is 0 Å². The van der Waals surface area contributed by atoms with E-state index in [0.717, 1.165) is 5.54 Å². The summed E-state index contributed by atoms with van der Waals surface area (Å²) in [6.07, 6.45) is 10.7. The average Bonchev–Trinajstić information content (AvgIpc) is 3.09. The van der Waals surface area contributed by atoms with Gasteiger partial charge in [-0.1, -0.05) is 134 Å². The second kappa shape index (κ2) is 12.5. The molecule has 3 aromatic rings. The number of fused-ring (bicyclic) bond motifs is 1. The molecule has 0 spiro atoms. The van der Waals surface area contributed by atoms with Crippen LogP contribution in [0.25, 0.3) is 18.2 Å². The standard InChI is InChI=1S/C16H14.C12H16Si.Ti/c1-3-9-15(10-4-1)13-7-8-14-16-11-5-2-6-12-16;1-9-8-10-6-4-5-7-11(10)12(9)13(2)3;/h1-14H;4-8,12-13H,1-3H3;/q;;+2. The first kappa shape index (κ1) is 24.1. The Morgan fingerprint density at radius 3 is 1.63 bits per heavy atom. The first-order valence-corrected chi connectivity index (χ1v) is 13.3. The Hall–Kier alpha value is -2.19. The molecule has 0 radical (unpaired) electrons. The van der Waals surface area contributed by atoms with Gasteiger partial charge in [0.25, 0.3) is 0 Å². The summed E-state index contributed by atoms with van der Waals surface area (Å²) in [5.74, 6) is 0. The molecule has 0 nitrogen and oxygen atoms in total. The average molecular weight is 443 g/mol. The monoisotopic (exact) mass is 442 g/mol. The van der Waals surface area contributed by atoms with Gasteiger partial charge in [0.05, 0.1) is 0 Å². The summed E-state index contributed by atoms with van der Waals surface area (Å²) in [6, 6.07) is 29.4. The molecule has 0 bridgehead atoms. The van der Waals surface area contributed by atoms with Crippen LogP contribution in [0.2, 0.25) is 13.1 Å². The van der Waals surface area contributed by atoms with Gasteiger partial charge in [-0.05, 0) is 34.7 Å². The molecule has 0 heterocycles. The Morgan fingerprint density at radius 2 is 1.13 bits per heavy atom. The summed E-state index contributed by atoms with van der Waals surface area (Å²) < 4.78 is 0. The van der Waals surface area contributed by atoms with E-state index >= 15 is 0 Å². The van der Waals surface area contributed by atoms with Gasteiger partial charge in [0.1, 0.15) is 0 Å². The molecular weight excluding hydrogens is 412 g/mol. The summed E-state index contributed by atoms with van der Waals surface area (Å²) in [5.41, 5.74) is 7.83. The van der Waals surface area contributed by atoms with Crippen molar-refractivity contribution < 1.29 is 21.7 Å². The Bertz CT molecular complexity index is 938. The number of hydrogen-bond donors (Lipinski definition) is 0. The molecule has 2 heteroatoms. The van der Waals surface area contributed by atoms with Crippen LogP contribution in [0.5, 0.6) is 0 Å². The third kappa shape index (κ3) is 6.95. The molecule has 30 heavy (non-hydrogen) atoms. The molecule has 0 saturated carbocycles. The van der Waals surface area contributed by atoms with E-state index in [1.54, 1.807) is 11.1 Å². The summed E-state index contributed by atoms with van der Waals surface area (Å²) in [7, 11) is -0.586. The van der Waals surface area contributed by atoms with Gasteiger partial charge in [-0.25, -0.2) is 0 Å². The third-order valence-electron chi connectivity index (χ3n) is 5.16. The molecule has 0 N–H and O–H groups in total. The van der Waals surface area contributed by atoms with Crippen LogP contribution >= 0.6 is 0 Å². The summed E-state index contributed by atoms with van der Waals surface area (Å²) in [5, 5.41) is 0. The zero-order valence-electron chi connectivity index (χ0n) is 18.1. The van der Waals surface area contributed by atoms with Crippen LogP contribution in [0.15, 0.2) is 103 Å². The first-order valence-electron chi connectivity index (χ1n) is 10.4. The van der Waals surface area contributed by atoms with Crippen molar-refractivity contribution in [2.75, 3.05) is 0 Å². The van der Waals surface area contributed by atoms with Gasteiger partial charge in [-0.15, -0.1) is 0 Å². The quantitative estimate of drug-likeness (QED) is 0.288. The van der Waals surface area contributed by atoms with Crippen LogP contribution in [0, 0.1) is 0 Å². The minimum atomic E-state index is -0.586. The van der Waals surface area contributed by atoms with Crippen molar-refractivity contribution in [1.29, 1.82) is 0 Å². The van der Waals surface area contributed by atoms with E-state index < -0.39 is 8.80 Å². The Labute approximate surface area is 198 Å². The molecule has 0 amide bonds. The number of hydrogen-bond acceptors (Lipinski definition) is 0. The molecular formula is C28H30SiTi+2. The van der Waals surface area contributed by atoms with E-state index in [2.05, 4.69) is 98.9 Å². The number of rotatable bonds is 4. The van der Waals surface area contributed by atoms with Crippen molar-refractivity contribution in [3.8, 4) is 0 Å². The van der Waals surface area contributed by atoms with E-state index in [1.807, 2.05) is 36.4 Å². The molecule has 0 aromatic heterocycles. The van der Waals surface area contributed by atoms with Gasteiger partial charge in [-0.2, -0.15) is 0 Å². The maximum Gasteiger partial charge on any atom is 2.00 e. The van der Waals surface area contributed by atoms with E-state index in [9.17, 15) is 0 Å². The fourth-order valence-corrected chi connectivity index (χ4v) is 6.02. The maximum absolute atomic E-state index is 2.43. The first-order chi connectivity index (χ1) is 14.1.